The number of ether oxygens (including phenoxy) is 3. The highest BCUT2D eigenvalue weighted by Gasteiger charge is 2.17. The molecule has 0 saturated carbocycles. The Hall–Kier alpha value is -3.86. The summed E-state index contributed by atoms with van der Waals surface area (Å²) >= 11 is 5.96. The van der Waals surface area contributed by atoms with Crippen molar-refractivity contribution in [3.8, 4) is 17.6 Å². The second kappa shape index (κ2) is 10.8. The predicted molar refractivity (Wildman–Crippen MR) is 139 cm³/mol. The molecule has 1 fully saturated rings. The van der Waals surface area contributed by atoms with E-state index in [4.69, 9.17) is 30.8 Å². The Balaban J connectivity index is 1.39. The van der Waals surface area contributed by atoms with E-state index in [0.29, 0.717) is 59.4 Å². The van der Waals surface area contributed by atoms with Crippen LogP contribution in [0.1, 0.15) is 22.3 Å². The summed E-state index contributed by atoms with van der Waals surface area (Å²) in [6.07, 6.45) is 2.32. The normalized spacial score (nSPS) is 13.4. The van der Waals surface area contributed by atoms with Gasteiger partial charge in [-0.3, -0.25) is 4.98 Å². The van der Waals surface area contributed by atoms with Crippen molar-refractivity contribution in [2.75, 3.05) is 38.3 Å². The lowest BCUT2D eigenvalue weighted by molar-refractivity contribution is 0.122. The molecule has 0 spiro atoms. The van der Waals surface area contributed by atoms with Crippen LogP contribution in [-0.2, 0) is 17.8 Å². The van der Waals surface area contributed by atoms with Crippen LogP contribution in [-0.4, -0.2) is 43.4 Å². The van der Waals surface area contributed by atoms with Crippen molar-refractivity contribution in [3.63, 3.8) is 0 Å². The molecule has 1 saturated heterocycles. The van der Waals surface area contributed by atoms with Crippen LogP contribution in [0.3, 0.4) is 0 Å². The Morgan fingerprint density at radius 3 is 2.56 bits per heavy atom. The summed E-state index contributed by atoms with van der Waals surface area (Å²) in [4.78, 5) is 11.5. The Bertz CT molecular complexity index is 1410. The molecule has 4 aromatic rings. The predicted octanol–water partition coefficient (Wildman–Crippen LogP) is 5.17. The zero-order chi connectivity index (χ0) is 24.9. The average Bonchev–Trinajstić information content (AvgIpc) is 2.93. The van der Waals surface area contributed by atoms with Crippen LogP contribution >= 0.6 is 11.6 Å². The lowest BCUT2D eigenvalue weighted by atomic mass is 9.98. The fraction of sp³-hybridized carbons (Fsp3) is 0.250. The van der Waals surface area contributed by atoms with E-state index in [-0.39, 0.29) is 0 Å². The molecule has 0 aliphatic carbocycles. The van der Waals surface area contributed by atoms with E-state index in [1.807, 2.05) is 54.6 Å². The average molecular weight is 501 g/mol. The highest BCUT2D eigenvalue weighted by atomic mass is 35.5. The van der Waals surface area contributed by atoms with Gasteiger partial charge in [-0.1, -0.05) is 35.9 Å². The van der Waals surface area contributed by atoms with E-state index >= 15 is 0 Å². The zero-order valence-corrected chi connectivity index (χ0v) is 20.7. The first-order valence-corrected chi connectivity index (χ1v) is 12.1. The van der Waals surface area contributed by atoms with E-state index in [0.717, 1.165) is 35.6 Å². The minimum absolute atomic E-state index is 0.403. The summed E-state index contributed by atoms with van der Waals surface area (Å²) in [5.41, 5.74) is 4.76. The van der Waals surface area contributed by atoms with Gasteiger partial charge in [-0.25, -0.2) is 4.98 Å². The van der Waals surface area contributed by atoms with Gasteiger partial charge in [0.2, 0.25) is 0 Å². The molecular weight excluding hydrogens is 476 g/mol. The van der Waals surface area contributed by atoms with E-state index in [9.17, 15) is 5.26 Å². The summed E-state index contributed by atoms with van der Waals surface area (Å²) in [6, 6.07) is 19.6. The van der Waals surface area contributed by atoms with Crippen molar-refractivity contribution in [3.05, 3.63) is 88.1 Å². The first-order chi connectivity index (χ1) is 17.6. The fourth-order valence-corrected chi connectivity index (χ4v) is 4.36. The zero-order valence-electron chi connectivity index (χ0n) is 19.9. The van der Waals surface area contributed by atoms with Crippen molar-refractivity contribution in [2.24, 2.45) is 0 Å². The second-order valence-electron chi connectivity index (χ2n) is 8.48. The molecule has 8 heteroatoms. The van der Waals surface area contributed by atoms with E-state index < -0.39 is 0 Å². The monoisotopic (exact) mass is 500 g/mol. The van der Waals surface area contributed by atoms with Crippen LogP contribution in [0.4, 0.5) is 5.82 Å². The molecule has 0 amide bonds. The van der Waals surface area contributed by atoms with Gasteiger partial charge in [0.25, 0.3) is 0 Å². The molecule has 182 valence electrons. The van der Waals surface area contributed by atoms with Crippen molar-refractivity contribution in [2.45, 2.75) is 13.0 Å². The Morgan fingerprint density at radius 2 is 1.81 bits per heavy atom. The van der Waals surface area contributed by atoms with E-state index in [1.165, 1.54) is 0 Å². The number of hydrogen-bond donors (Lipinski definition) is 0. The molecule has 0 unspecified atom stereocenters. The third kappa shape index (κ3) is 5.20. The topological polar surface area (TPSA) is 80.5 Å². The fourth-order valence-electron chi connectivity index (χ4n) is 4.23. The van der Waals surface area contributed by atoms with Gasteiger partial charge in [-0.2, -0.15) is 5.26 Å². The molecule has 1 aromatic heterocycles. The van der Waals surface area contributed by atoms with E-state index in [2.05, 4.69) is 16.0 Å². The number of aromatic nitrogens is 2. The molecule has 0 bridgehead atoms. The van der Waals surface area contributed by atoms with Gasteiger partial charge >= 0.3 is 0 Å². The van der Waals surface area contributed by atoms with Gasteiger partial charge in [0.15, 0.2) is 11.5 Å². The van der Waals surface area contributed by atoms with Gasteiger partial charge < -0.3 is 19.1 Å². The van der Waals surface area contributed by atoms with Gasteiger partial charge in [0.1, 0.15) is 24.0 Å². The molecule has 1 aliphatic heterocycles. The molecule has 7 nitrogen and oxygen atoms in total. The summed E-state index contributed by atoms with van der Waals surface area (Å²) in [7, 11) is 1.62. The number of morpholine rings is 1. The first-order valence-electron chi connectivity index (χ1n) is 11.7. The van der Waals surface area contributed by atoms with Crippen molar-refractivity contribution in [1.82, 2.24) is 9.97 Å². The maximum Gasteiger partial charge on any atom is 0.161 e. The van der Waals surface area contributed by atoms with Crippen LogP contribution in [0.25, 0.3) is 11.0 Å². The van der Waals surface area contributed by atoms with Crippen molar-refractivity contribution < 1.29 is 14.2 Å². The summed E-state index contributed by atoms with van der Waals surface area (Å²) in [5, 5.41) is 10.7. The largest absolute Gasteiger partial charge is 0.493 e. The summed E-state index contributed by atoms with van der Waals surface area (Å²) < 4.78 is 17.0. The number of nitrogens with zero attached hydrogens (tertiary/aromatic N) is 4. The molecule has 2 heterocycles. The van der Waals surface area contributed by atoms with Crippen LogP contribution < -0.4 is 14.4 Å². The number of anilines is 1. The Labute approximate surface area is 214 Å². The Kier molecular flexibility index (Phi) is 7.17. The lowest BCUT2D eigenvalue weighted by Crippen LogP contribution is -2.36. The first kappa shape index (κ1) is 23.9. The van der Waals surface area contributed by atoms with Gasteiger partial charge in [-0.15, -0.1) is 0 Å². The van der Waals surface area contributed by atoms with Gasteiger partial charge in [0, 0.05) is 18.1 Å². The summed E-state index contributed by atoms with van der Waals surface area (Å²) in [6.45, 7) is 3.24. The van der Waals surface area contributed by atoms with Crippen LogP contribution in [0.5, 0.6) is 11.5 Å². The molecule has 0 N–H and O–H groups in total. The number of benzene rings is 3. The molecule has 0 atom stereocenters. The molecule has 0 radical (unpaired) electrons. The minimum Gasteiger partial charge on any atom is -0.493 e. The standard InChI is InChI=1S/C28H25ClN4O3/c1-34-26-15-20(4-9-25(26)36-18-19-2-6-22(29)7-3-19)14-21-5-8-24-28(23(21)16-30)32-27(17-31-24)33-10-12-35-13-11-33/h2-9,15,17H,10-14,18H2,1H3. The lowest BCUT2D eigenvalue weighted by Gasteiger charge is -2.27. The number of fused-ring (bicyclic) bond motifs is 1. The quantitative estimate of drug-likeness (QED) is 0.346. The number of halogens is 1. The maximum absolute atomic E-state index is 10.0. The summed E-state index contributed by atoms with van der Waals surface area (Å²) in [5.74, 6) is 2.05. The third-order valence-corrected chi connectivity index (χ3v) is 6.42. The minimum atomic E-state index is 0.403. The highest BCUT2D eigenvalue weighted by Crippen LogP contribution is 2.31. The maximum atomic E-state index is 10.0. The number of hydrogen-bond acceptors (Lipinski definition) is 7. The second-order valence-corrected chi connectivity index (χ2v) is 8.92. The Morgan fingerprint density at radius 1 is 1.03 bits per heavy atom. The van der Waals surface area contributed by atoms with Crippen LogP contribution in [0.2, 0.25) is 5.02 Å². The van der Waals surface area contributed by atoms with Gasteiger partial charge in [-0.05, 0) is 53.4 Å². The van der Waals surface area contributed by atoms with Crippen LogP contribution in [0.15, 0.2) is 60.8 Å². The van der Waals surface area contributed by atoms with Crippen molar-refractivity contribution >= 4 is 28.5 Å². The highest BCUT2D eigenvalue weighted by molar-refractivity contribution is 6.30. The SMILES string of the molecule is COc1cc(Cc2ccc3ncc(N4CCOCC4)nc3c2C#N)ccc1OCc1ccc(Cl)cc1. The third-order valence-electron chi connectivity index (χ3n) is 6.17. The molecule has 5 rings (SSSR count). The van der Waals surface area contributed by atoms with E-state index in [1.54, 1.807) is 13.3 Å². The molecule has 36 heavy (non-hydrogen) atoms. The van der Waals surface area contributed by atoms with Crippen LogP contribution in [0, 0.1) is 11.3 Å². The van der Waals surface area contributed by atoms with Gasteiger partial charge in [0.05, 0.1) is 37.6 Å². The molecular formula is C28H25ClN4O3. The smallest absolute Gasteiger partial charge is 0.161 e. The number of rotatable bonds is 7. The molecule has 3 aromatic carbocycles. The molecule has 1 aliphatic rings. The number of nitriles is 1. The van der Waals surface area contributed by atoms with Crippen molar-refractivity contribution in [1.29, 1.82) is 5.26 Å². The number of methoxy groups -OCH3 is 1.